The molecule has 12 nitrogen and oxygen atoms in total. The molecule has 2 atom stereocenters. The van der Waals surface area contributed by atoms with Gasteiger partial charge >= 0.3 is 29.6 Å². The van der Waals surface area contributed by atoms with Crippen molar-refractivity contribution in [3.05, 3.63) is 22.8 Å². The summed E-state index contributed by atoms with van der Waals surface area (Å²) in [4.78, 5) is 45.5. The van der Waals surface area contributed by atoms with Crippen LogP contribution in [0.2, 0.25) is 0 Å². The number of oxime groups is 1. The molecule has 7 N–H and O–H groups in total. The van der Waals surface area contributed by atoms with Gasteiger partial charge < -0.3 is 36.7 Å². The Morgan fingerprint density at radius 2 is 2.14 bits per heavy atom. The van der Waals surface area contributed by atoms with E-state index in [0.29, 0.717) is 5.75 Å². The number of nitrogens with one attached hydrogen (secondary N) is 1. The maximum absolute atomic E-state index is 12.5. The molecule has 1 aromatic heterocycles. The topological polar surface area (TPSA) is 213 Å². The summed E-state index contributed by atoms with van der Waals surface area (Å²) < 4.78 is 0. The number of carbonyl (C=O) groups is 3. The van der Waals surface area contributed by atoms with E-state index in [9.17, 15) is 19.5 Å². The number of hydrogen-bond donors (Lipinski definition) is 2. The van der Waals surface area contributed by atoms with Gasteiger partial charge in [0.2, 0.25) is 0 Å². The number of hydrogen-bond acceptors (Lipinski definition) is 10. The molecule has 28 heavy (non-hydrogen) atoms. The van der Waals surface area contributed by atoms with Gasteiger partial charge in [0, 0.05) is 11.1 Å². The summed E-state index contributed by atoms with van der Waals surface area (Å²) in [6.45, 7) is 0. The van der Waals surface area contributed by atoms with Gasteiger partial charge in [0.15, 0.2) is 10.8 Å². The maximum Gasteiger partial charge on any atom is 1.00 e. The normalized spacial score (nSPS) is 20.2. The van der Waals surface area contributed by atoms with E-state index in [1.165, 1.54) is 30.3 Å². The van der Waals surface area contributed by atoms with E-state index >= 15 is 0 Å². The van der Waals surface area contributed by atoms with Crippen LogP contribution in [0.5, 0.6) is 0 Å². The molecule has 0 spiro atoms. The number of nitrogens with two attached hydrogens (primary N) is 1. The zero-order chi connectivity index (χ0) is 18.1. The van der Waals surface area contributed by atoms with Crippen LogP contribution in [0.15, 0.2) is 22.3 Å². The first-order valence-corrected chi connectivity index (χ1v) is 8.86. The zero-order valence-electron chi connectivity index (χ0n) is 14.8. The average molecular weight is 441 g/mol. The molecule has 3 heterocycles. The molecule has 3 rings (SSSR count). The van der Waals surface area contributed by atoms with Crippen LogP contribution in [0.3, 0.4) is 0 Å². The van der Waals surface area contributed by atoms with E-state index in [1.54, 1.807) is 0 Å². The number of carboxylic acid groups (broad SMARTS) is 1. The van der Waals surface area contributed by atoms with Crippen LogP contribution in [0.25, 0.3) is 0 Å². The monoisotopic (exact) mass is 441 g/mol. The summed E-state index contributed by atoms with van der Waals surface area (Å²) in [6.07, 6.45) is 1.41. The van der Waals surface area contributed by atoms with Crippen LogP contribution < -0.4 is 45.7 Å². The standard InChI is InChI=1S/C13H13N5O5S2.Na.2H2O/c1-23-17-7(5-4-25-13(14)15-5)9(19)16-8-10(20)18-6(12(21)22)2-3-24-11(8)18;;;/h2,4,8,11H,3H2,1H3,(H2,14,15)(H,16,19)(H,21,22);;2*1H2/q;+1;;/p-1/b17-7-;;;/t8?,11-;;;/m1.../s1. The molecule has 2 amide bonds. The van der Waals surface area contributed by atoms with Gasteiger partial charge in [-0.3, -0.25) is 14.5 Å². The predicted molar refractivity (Wildman–Crippen MR) is 95.4 cm³/mol. The first-order valence-electron chi connectivity index (χ1n) is 6.93. The number of aliphatic carboxylic acids is 1. The molecule has 0 bridgehead atoms. The number of nitrogen functional groups attached to an aromatic ring is 1. The van der Waals surface area contributed by atoms with Crippen LogP contribution in [0.4, 0.5) is 5.13 Å². The van der Waals surface area contributed by atoms with Gasteiger partial charge in [0.25, 0.3) is 11.8 Å². The number of carboxylic acids is 1. The van der Waals surface area contributed by atoms with Crippen LogP contribution in [-0.4, -0.2) is 68.6 Å². The van der Waals surface area contributed by atoms with E-state index in [4.69, 9.17) is 5.73 Å². The average Bonchev–Trinajstić information content (AvgIpc) is 3.02. The predicted octanol–water partition coefficient (Wildman–Crippen LogP) is -6.54. The van der Waals surface area contributed by atoms with Gasteiger partial charge in [-0.05, 0) is 6.08 Å². The van der Waals surface area contributed by atoms with Crippen LogP contribution in [0, 0.1) is 0 Å². The van der Waals surface area contributed by atoms with E-state index in [-0.39, 0.29) is 62.7 Å². The number of thiazole rings is 1. The minimum Gasteiger partial charge on any atom is -0.543 e. The Kier molecular flexibility index (Phi) is 10.1. The largest absolute Gasteiger partial charge is 1.00 e. The third-order valence-electron chi connectivity index (χ3n) is 3.50. The summed E-state index contributed by atoms with van der Waals surface area (Å²) >= 11 is 2.46. The minimum atomic E-state index is -1.43. The molecule has 2 aliphatic heterocycles. The zero-order valence-corrected chi connectivity index (χ0v) is 18.4. The minimum absolute atomic E-state index is 0. The number of thioether (sulfide) groups is 1. The Labute approximate surface area is 189 Å². The van der Waals surface area contributed by atoms with Crippen molar-refractivity contribution < 1.29 is 64.8 Å². The van der Waals surface area contributed by atoms with Gasteiger partial charge in [-0.2, -0.15) is 0 Å². The van der Waals surface area contributed by atoms with Gasteiger partial charge in [-0.1, -0.05) is 5.16 Å². The number of fused-ring (bicyclic) bond motifs is 1. The van der Waals surface area contributed by atoms with Crippen molar-refractivity contribution in [1.82, 2.24) is 15.2 Å². The third kappa shape index (κ3) is 4.83. The summed E-state index contributed by atoms with van der Waals surface area (Å²) in [5.74, 6) is -2.24. The third-order valence-corrected chi connectivity index (χ3v) is 5.36. The van der Waals surface area contributed by atoms with E-state index < -0.39 is 29.2 Å². The molecule has 15 heteroatoms. The molecule has 0 aromatic carbocycles. The number of carbonyl (C=O) groups excluding carboxylic acids is 3. The maximum atomic E-state index is 12.5. The summed E-state index contributed by atoms with van der Waals surface area (Å²) in [5.41, 5.74) is 5.46. The van der Waals surface area contributed by atoms with E-state index in [0.717, 1.165) is 16.2 Å². The Hall–Kier alpha value is -1.68. The van der Waals surface area contributed by atoms with Crippen molar-refractivity contribution in [3.63, 3.8) is 0 Å². The van der Waals surface area contributed by atoms with Crippen LogP contribution in [-0.2, 0) is 19.2 Å². The first-order chi connectivity index (χ1) is 11.9. The van der Waals surface area contributed by atoms with Gasteiger partial charge in [-0.15, -0.1) is 23.1 Å². The SMILES string of the molecule is CO/N=C(\C(=O)NC1C(=O)N2C(C(=O)[O-])=CCS[C@H]12)c1csc(N)n1.O.O.[Na+]. The second-order valence-electron chi connectivity index (χ2n) is 4.95. The van der Waals surface area contributed by atoms with Crippen molar-refractivity contribution in [2.24, 2.45) is 5.16 Å². The Bertz CT molecular complexity index is 815. The van der Waals surface area contributed by atoms with Crippen LogP contribution >= 0.6 is 23.1 Å². The van der Waals surface area contributed by atoms with Crippen molar-refractivity contribution in [2.45, 2.75) is 11.4 Å². The molecular formula is C13H16N5NaO7S2. The quantitative estimate of drug-likeness (QED) is 0.193. The second-order valence-corrected chi connectivity index (χ2v) is 6.99. The van der Waals surface area contributed by atoms with E-state index in [1.807, 2.05) is 0 Å². The summed E-state index contributed by atoms with van der Waals surface area (Å²) in [7, 11) is 1.27. The Morgan fingerprint density at radius 1 is 1.46 bits per heavy atom. The molecule has 0 radical (unpaired) electrons. The molecule has 2 aliphatic rings. The molecule has 1 unspecified atom stereocenters. The molecular weight excluding hydrogens is 425 g/mol. The fourth-order valence-corrected chi connectivity index (χ4v) is 4.17. The Balaban J connectivity index is 0.00000243. The number of anilines is 1. The number of amides is 2. The summed E-state index contributed by atoms with van der Waals surface area (Å²) in [5, 5.41) is 18.5. The van der Waals surface area contributed by atoms with Gasteiger partial charge in [-0.25, -0.2) is 4.98 Å². The second kappa shape index (κ2) is 10.8. The summed E-state index contributed by atoms with van der Waals surface area (Å²) in [6, 6.07) is -0.876. The van der Waals surface area contributed by atoms with Crippen molar-refractivity contribution in [2.75, 3.05) is 18.6 Å². The number of nitrogens with zero attached hydrogens (tertiary/aromatic N) is 3. The van der Waals surface area contributed by atoms with Gasteiger partial charge in [0.05, 0.1) is 11.7 Å². The smallest absolute Gasteiger partial charge is 0.543 e. The molecule has 1 saturated heterocycles. The number of aromatic nitrogens is 1. The van der Waals surface area contributed by atoms with Crippen molar-refractivity contribution >= 4 is 51.7 Å². The van der Waals surface area contributed by atoms with Crippen LogP contribution in [0.1, 0.15) is 5.69 Å². The fourth-order valence-electron chi connectivity index (χ4n) is 2.43. The molecule has 148 valence electrons. The first kappa shape index (κ1) is 26.3. The molecule has 1 aromatic rings. The van der Waals surface area contributed by atoms with E-state index in [2.05, 4.69) is 20.3 Å². The number of rotatable bonds is 5. The van der Waals surface area contributed by atoms with Crippen molar-refractivity contribution in [3.8, 4) is 0 Å². The van der Waals surface area contributed by atoms with Gasteiger partial charge in [0.1, 0.15) is 24.2 Å². The fraction of sp³-hybridized carbons (Fsp3) is 0.308. The Morgan fingerprint density at radius 3 is 2.68 bits per heavy atom. The molecule has 0 aliphatic carbocycles. The molecule has 0 saturated carbocycles. The molecule has 1 fully saturated rings. The number of β-lactam (4-membered cyclic amide) rings is 1. The van der Waals surface area contributed by atoms with Crippen molar-refractivity contribution in [1.29, 1.82) is 0 Å².